The van der Waals surface area contributed by atoms with Crippen LogP contribution in [-0.2, 0) is 6.42 Å². The van der Waals surface area contributed by atoms with Crippen molar-refractivity contribution in [2.24, 2.45) is 5.92 Å². The molecule has 1 aliphatic rings. The monoisotopic (exact) mass is 272 g/mol. The van der Waals surface area contributed by atoms with Gasteiger partial charge in [-0.1, -0.05) is 42.1 Å². The highest BCUT2D eigenvalue weighted by molar-refractivity contribution is 6.42. The second kappa shape index (κ2) is 6.08. The maximum absolute atomic E-state index is 10.1. The molecule has 2 rings (SSSR count). The zero-order valence-corrected chi connectivity index (χ0v) is 11.3. The summed E-state index contributed by atoms with van der Waals surface area (Å²) in [5, 5.41) is 11.3. The molecule has 1 aromatic carbocycles. The van der Waals surface area contributed by atoms with Crippen molar-refractivity contribution in [3.05, 3.63) is 33.8 Å². The van der Waals surface area contributed by atoms with Gasteiger partial charge in [-0.2, -0.15) is 0 Å². The average Bonchev–Trinajstić information content (AvgIpc) is 2.84. The van der Waals surface area contributed by atoms with Gasteiger partial charge in [0.05, 0.1) is 16.1 Å². The molecule has 1 saturated carbocycles. The molecule has 1 N–H and O–H groups in total. The van der Waals surface area contributed by atoms with Crippen LogP contribution in [0.3, 0.4) is 0 Å². The summed E-state index contributed by atoms with van der Waals surface area (Å²) in [4.78, 5) is 0. The lowest BCUT2D eigenvalue weighted by Gasteiger charge is -2.17. The molecule has 0 bridgehead atoms. The number of aryl methyl sites for hydroxylation is 1. The smallest absolute Gasteiger partial charge is 0.0595 e. The van der Waals surface area contributed by atoms with Gasteiger partial charge < -0.3 is 5.11 Å². The van der Waals surface area contributed by atoms with Crippen molar-refractivity contribution in [3.8, 4) is 0 Å². The Morgan fingerprint density at radius 1 is 1.18 bits per heavy atom. The molecule has 1 aliphatic carbocycles. The summed E-state index contributed by atoms with van der Waals surface area (Å²) >= 11 is 11.8. The summed E-state index contributed by atoms with van der Waals surface area (Å²) in [5.74, 6) is 0.512. The van der Waals surface area contributed by atoms with Crippen LogP contribution in [0, 0.1) is 5.92 Å². The Hall–Kier alpha value is -0.240. The molecule has 0 aromatic heterocycles. The molecule has 0 aliphatic heterocycles. The second-order valence-electron chi connectivity index (χ2n) is 4.90. The Morgan fingerprint density at radius 2 is 1.88 bits per heavy atom. The van der Waals surface area contributed by atoms with E-state index in [1.807, 2.05) is 18.2 Å². The van der Waals surface area contributed by atoms with Gasteiger partial charge in [-0.25, -0.2) is 0 Å². The first-order valence-corrected chi connectivity index (χ1v) is 7.04. The first kappa shape index (κ1) is 13.2. The van der Waals surface area contributed by atoms with Crippen molar-refractivity contribution in [1.29, 1.82) is 0 Å². The molecule has 0 amide bonds. The number of hydrogen-bond acceptors (Lipinski definition) is 1. The van der Waals surface area contributed by atoms with Crippen molar-refractivity contribution in [2.75, 3.05) is 0 Å². The van der Waals surface area contributed by atoms with Crippen LogP contribution in [0.2, 0.25) is 10.0 Å². The van der Waals surface area contributed by atoms with Crippen LogP contribution in [0.5, 0.6) is 0 Å². The molecule has 0 radical (unpaired) electrons. The molecular weight excluding hydrogens is 255 g/mol. The molecule has 1 atom stereocenters. The van der Waals surface area contributed by atoms with Crippen molar-refractivity contribution < 1.29 is 5.11 Å². The number of benzene rings is 1. The van der Waals surface area contributed by atoms with Crippen LogP contribution < -0.4 is 0 Å². The second-order valence-corrected chi connectivity index (χ2v) is 5.71. The van der Waals surface area contributed by atoms with Gasteiger partial charge >= 0.3 is 0 Å². The largest absolute Gasteiger partial charge is 0.393 e. The molecule has 1 unspecified atom stereocenters. The van der Waals surface area contributed by atoms with E-state index in [4.69, 9.17) is 23.2 Å². The number of halogens is 2. The van der Waals surface area contributed by atoms with Crippen LogP contribution in [0.15, 0.2) is 18.2 Å². The molecule has 17 heavy (non-hydrogen) atoms. The van der Waals surface area contributed by atoms with E-state index in [-0.39, 0.29) is 6.10 Å². The van der Waals surface area contributed by atoms with E-state index in [1.165, 1.54) is 25.7 Å². The predicted octanol–water partition coefficient (Wildman–Crippen LogP) is 4.48. The topological polar surface area (TPSA) is 20.2 Å². The van der Waals surface area contributed by atoms with E-state index in [9.17, 15) is 5.11 Å². The minimum atomic E-state index is -0.160. The Balaban J connectivity index is 1.86. The van der Waals surface area contributed by atoms with Gasteiger partial charge in [0.15, 0.2) is 0 Å². The van der Waals surface area contributed by atoms with Gasteiger partial charge in [0.1, 0.15) is 0 Å². The van der Waals surface area contributed by atoms with E-state index in [0.29, 0.717) is 16.0 Å². The molecule has 0 spiro atoms. The summed E-state index contributed by atoms with van der Waals surface area (Å²) in [6.45, 7) is 0. The normalized spacial score (nSPS) is 18.5. The summed E-state index contributed by atoms with van der Waals surface area (Å²) in [6.07, 6.45) is 6.44. The summed E-state index contributed by atoms with van der Waals surface area (Å²) in [6, 6.07) is 5.70. The third kappa shape index (κ3) is 3.61. The number of aliphatic hydroxyl groups excluding tert-OH is 1. The average molecular weight is 273 g/mol. The lowest BCUT2D eigenvalue weighted by molar-refractivity contribution is 0.102. The van der Waals surface area contributed by atoms with E-state index in [1.54, 1.807) is 0 Å². The van der Waals surface area contributed by atoms with Gasteiger partial charge in [-0.3, -0.25) is 0 Å². The molecule has 1 nitrogen and oxygen atoms in total. The molecule has 1 fully saturated rings. The standard InChI is InChI=1S/C14H18Cl2O/c15-12-7-5-10(9-13(12)16)6-8-14(17)11-3-1-2-4-11/h5,7,9,11,14,17H,1-4,6,8H2. The minimum Gasteiger partial charge on any atom is -0.393 e. The number of aliphatic hydroxyl groups is 1. The van der Waals surface area contributed by atoms with Crippen LogP contribution in [0.4, 0.5) is 0 Å². The molecule has 0 heterocycles. The first-order chi connectivity index (χ1) is 8.16. The van der Waals surface area contributed by atoms with E-state index >= 15 is 0 Å². The first-order valence-electron chi connectivity index (χ1n) is 6.29. The van der Waals surface area contributed by atoms with E-state index in [0.717, 1.165) is 18.4 Å². The van der Waals surface area contributed by atoms with E-state index in [2.05, 4.69) is 0 Å². The van der Waals surface area contributed by atoms with Crippen molar-refractivity contribution in [3.63, 3.8) is 0 Å². The third-order valence-corrected chi connectivity index (χ3v) is 4.40. The van der Waals surface area contributed by atoms with Crippen LogP contribution in [0.1, 0.15) is 37.7 Å². The SMILES string of the molecule is OC(CCc1ccc(Cl)c(Cl)c1)C1CCCC1. The van der Waals surface area contributed by atoms with Gasteiger partial charge in [0, 0.05) is 0 Å². The lowest BCUT2D eigenvalue weighted by atomic mass is 9.95. The Bertz CT molecular complexity index is 372. The fourth-order valence-electron chi connectivity index (χ4n) is 2.59. The molecular formula is C14H18Cl2O. The number of hydrogen-bond donors (Lipinski definition) is 1. The Labute approximate surface area is 113 Å². The summed E-state index contributed by atoms with van der Waals surface area (Å²) in [7, 11) is 0. The highest BCUT2D eigenvalue weighted by Crippen LogP contribution is 2.30. The zero-order valence-electron chi connectivity index (χ0n) is 9.83. The van der Waals surface area contributed by atoms with Crippen LogP contribution in [-0.4, -0.2) is 11.2 Å². The minimum absolute atomic E-state index is 0.160. The third-order valence-electron chi connectivity index (χ3n) is 3.66. The molecule has 1 aromatic rings. The van der Waals surface area contributed by atoms with Crippen molar-refractivity contribution in [2.45, 2.75) is 44.6 Å². The van der Waals surface area contributed by atoms with E-state index < -0.39 is 0 Å². The number of rotatable bonds is 4. The fraction of sp³-hybridized carbons (Fsp3) is 0.571. The Morgan fingerprint density at radius 3 is 2.53 bits per heavy atom. The zero-order chi connectivity index (χ0) is 12.3. The van der Waals surface area contributed by atoms with Gasteiger partial charge in [-0.15, -0.1) is 0 Å². The van der Waals surface area contributed by atoms with Crippen molar-refractivity contribution in [1.82, 2.24) is 0 Å². The van der Waals surface area contributed by atoms with Crippen molar-refractivity contribution >= 4 is 23.2 Å². The molecule has 0 saturated heterocycles. The fourth-order valence-corrected chi connectivity index (χ4v) is 2.91. The highest BCUT2D eigenvalue weighted by Gasteiger charge is 2.22. The lowest BCUT2D eigenvalue weighted by Crippen LogP contribution is -2.18. The van der Waals surface area contributed by atoms with Crippen LogP contribution in [0.25, 0.3) is 0 Å². The highest BCUT2D eigenvalue weighted by atomic mass is 35.5. The maximum Gasteiger partial charge on any atom is 0.0595 e. The predicted molar refractivity (Wildman–Crippen MR) is 72.7 cm³/mol. The maximum atomic E-state index is 10.1. The summed E-state index contributed by atoms with van der Waals surface area (Å²) in [5.41, 5.74) is 1.15. The Kier molecular flexibility index (Phi) is 4.72. The summed E-state index contributed by atoms with van der Waals surface area (Å²) < 4.78 is 0. The molecule has 94 valence electrons. The van der Waals surface area contributed by atoms with Crippen LogP contribution >= 0.6 is 23.2 Å². The quantitative estimate of drug-likeness (QED) is 0.857. The van der Waals surface area contributed by atoms with Gasteiger partial charge in [0.2, 0.25) is 0 Å². The molecule has 3 heteroatoms. The van der Waals surface area contributed by atoms with Gasteiger partial charge in [-0.05, 0) is 49.3 Å². The van der Waals surface area contributed by atoms with Gasteiger partial charge in [0.25, 0.3) is 0 Å².